The summed E-state index contributed by atoms with van der Waals surface area (Å²) in [4.78, 5) is 12.4. The Morgan fingerprint density at radius 3 is 2.31 bits per heavy atom. The lowest BCUT2D eigenvalue weighted by Gasteiger charge is -2.15. The first-order chi connectivity index (χ1) is 12.3. The molecule has 0 saturated heterocycles. The van der Waals surface area contributed by atoms with Gasteiger partial charge in [0.2, 0.25) is 15.9 Å². The van der Waals surface area contributed by atoms with Crippen molar-refractivity contribution < 1.29 is 13.2 Å². The van der Waals surface area contributed by atoms with Crippen LogP contribution in [-0.4, -0.2) is 20.4 Å². The SMILES string of the molecule is C[C@H](NS(=O)(=O)c1ccc2ccccc2c1)C(=O)Nc1ccc(I)cc1. The topological polar surface area (TPSA) is 75.3 Å². The summed E-state index contributed by atoms with van der Waals surface area (Å²) >= 11 is 2.17. The molecule has 2 N–H and O–H groups in total. The van der Waals surface area contributed by atoms with Gasteiger partial charge >= 0.3 is 0 Å². The van der Waals surface area contributed by atoms with Gasteiger partial charge in [-0.1, -0.05) is 30.3 Å². The average Bonchev–Trinajstić information content (AvgIpc) is 2.62. The first kappa shape index (κ1) is 18.8. The number of hydrogen-bond acceptors (Lipinski definition) is 3. The predicted molar refractivity (Wildman–Crippen MR) is 112 cm³/mol. The summed E-state index contributed by atoms with van der Waals surface area (Å²) in [6, 6.07) is 18.7. The minimum absolute atomic E-state index is 0.130. The Kier molecular flexibility index (Phi) is 5.59. The molecule has 5 nitrogen and oxygen atoms in total. The Morgan fingerprint density at radius 2 is 1.62 bits per heavy atom. The summed E-state index contributed by atoms with van der Waals surface area (Å²) in [7, 11) is -3.81. The standard InChI is InChI=1S/C19H17IN2O3S/c1-13(19(23)21-17-9-7-16(20)8-10-17)22-26(24,25)18-11-6-14-4-2-3-5-15(14)12-18/h2-13,22H,1H3,(H,21,23)/t13-/m0/s1. The van der Waals surface area contributed by atoms with Gasteiger partial charge < -0.3 is 5.32 Å². The van der Waals surface area contributed by atoms with Crippen molar-refractivity contribution in [2.45, 2.75) is 17.9 Å². The van der Waals surface area contributed by atoms with E-state index in [1.807, 2.05) is 36.4 Å². The highest BCUT2D eigenvalue weighted by Crippen LogP contribution is 2.19. The fraction of sp³-hybridized carbons (Fsp3) is 0.105. The van der Waals surface area contributed by atoms with E-state index in [-0.39, 0.29) is 4.90 Å². The Balaban J connectivity index is 1.74. The van der Waals surface area contributed by atoms with Crippen LogP contribution >= 0.6 is 22.6 Å². The predicted octanol–water partition coefficient (Wildman–Crippen LogP) is 3.75. The van der Waals surface area contributed by atoms with Gasteiger partial charge in [-0.25, -0.2) is 8.42 Å². The highest BCUT2D eigenvalue weighted by atomic mass is 127. The fourth-order valence-corrected chi connectivity index (χ4v) is 4.07. The zero-order valence-electron chi connectivity index (χ0n) is 13.9. The number of benzene rings is 3. The molecule has 0 aliphatic rings. The van der Waals surface area contributed by atoms with E-state index < -0.39 is 22.0 Å². The highest BCUT2D eigenvalue weighted by Gasteiger charge is 2.22. The van der Waals surface area contributed by atoms with E-state index in [1.165, 1.54) is 13.0 Å². The van der Waals surface area contributed by atoms with E-state index in [9.17, 15) is 13.2 Å². The molecule has 0 aliphatic carbocycles. The van der Waals surface area contributed by atoms with Crippen molar-refractivity contribution in [3.63, 3.8) is 0 Å². The summed E-state index contributed by atoms with van der Waals surface area (Å²) in [5.74, 6) is -0.421. The molecule has 0 radical (unpaired) electrons. The average molecular weight is 480 g/mol. The van der Waals surface area contributed by atoms with Crippen LogP contribution in [-0.2, 0) is 14.8 Å². The number of carbonyl (C=O) groups excluding carboxylic acids is 1. The number of nitrogens with one attached hydrogen (secondary N) is 2. The van der Waals surface area contributed by atoms with Crippen LogP contribution in [0, 0.1) is 3.57 Å². The summed E-state index contributed by atoms with van der Waals surface area (Å²) in [5, 5.41) is 4.48. The lowest BCUT2D eigenvalue weighted by Crippen LogP contribution is -2.41. The van der Waals surface area contributed by atoms with E-state index in [2.05, 4.69) is 32.6 Å². The number of hydrogen-bond donors (Lipinski definition) is 2. The molecule has 0 unspecified atom stereocenters. The molecule has 0 aliphatic heterocycles. The lowest BCUT2D eigenvalue weighted by molar-refractivity contribution is -0.117. The van der Waals surface area contributed by atoms with Crippen LogP contribution in [0.3, 0.4) is 0 Å². The molecule has 3 aromatic carbocycles. The number of halogens is 1. The molecule has 134 valence electrons. The van der Waals surface area contributed by atoms with E-state index in [0.29, 0.717) is 5.69 Å². The summed E-state index contributed by atoms with van der Waals surface area (Å²) < 4.78 is 28.7. The summed E-state index contributed by atoms with van der Waals surface area (Å²) in [5.41, 5.74) is 0.618. The normalized spacial score (nSPS) is 12.7. The van der Waals surface area contributed by atoms with Crippen molar-refractivity contribution in [2.24, 2.45) is 0 Å². The van der Waals surface area contributed by atoms with Gasteiger partial charge in [-0.15, -0.1) is 0 Å². The van der Waals surface area contributed by atoms with Crippen LogP contribution in [0.2, 0.25) is 0 Å². The maximum absolute atomic E-state index is 12.6. The van der Waals surface area contributed by atoms with Crippen LogP contribution in [0.4, 0.5) is 5.69 Å². The van der Waals surface area contributed by atoms with Crippen LogP contribution in [0.5, 0.6) is 0 Å². The Labute approximate surface area is 166 Å². The van der Waals surface area contributed by atoms with Crippen LogP contribution in [0.15, 0.2) is 71.6 Å². The third kappa shape index (κ3) is 4.40. The van der Waals surface area contributed by atoms with Gasteiger partial charge in [0, 0.05) is 9.26 Å². The maximum atomic E-state index is 12.6. The van der Waals surface area contributed by atoms with E-state index in [1.54, 1.807) is 24.3 Å². The first-order valence-corrected chi connectivity index (χ1v) is 10.5. The minimum atomic E-state index is -3.81. The number of fused-ring (bicyclic) bond motifs is 1. The lowest BCUT2D eigenvalue weighted by atomic mass is 10.1. The number of carbonyl (C=O) groups is 1. The quantitative estimate of drug-likeness (QED) is 0.547. The zero-order valence-corrected chi connectivity index (χ0v) is 16.9. The molecular weight excluding hydrogens is 463 g/mol. The molecule has 1 atom stereocenters. The summed E-state index contributed by atoms with van der Waals surface area (Å²) in [6.07, 6.45) is 0. The van der Waals surface area contributed by atoms with Gasteiger partial charge in [0.25, 0.3) is 0 Å². The third-order valence-corrected chi connectivity index (χ3v) is 6.13. The molecule has 0 saturated carbocycles. The number of sulfonamides is 1. The smallest absolute Gasteiger partial charge is 0.242 e. The van der Waals surface area contributed by atoms with Gasteiger partial charge in [-0.05, 0) is 76.7 Å². The van der Waals surface area contributed by atoms with Gasteiger partial charge in [0.1, 0.15) is 0 Å². The van der Waals surface area contributed by atoms with Crippen molar-refractivity contribution in [1.82, 2.24) is 4.72 Å². The van der Waals surface area contributed by atoms with Gasteiger partial charge in [-0.3, -0.25) is 4.79 Å². The molecule has 7 heteroatoms. The molecular formula is C19H17IN2O3S. The van der Waals surface area contributed by atoms with Crippen LogP contribution in [0.25, 0.3) is 10.8 Å². The Hall–Kier alpha value is -1.97. The third-order valence-electron chi connectivity index (χ3n) is 3.87. The van der Waals surface area contributed by atoms with Crippen molar-refractivity contribution in [3.05, 3.63) is 70.3 Å². The van der Waals surface area contributed by atoms with Crippen molar-refractivity contribution in [3.8, 4) is 0 Å². The maximum Gasteiger partial charge on any atom is 0.242 e. The summed E-state index contributed by atoms with van der Waals surface area (Å²) in [6.45, 7) is 1.51. The van der Waals surface area contributed by atoms with Crippen LogP contribution in [0.1, 0.15) is 6.92 Å². The van der Waals surface area contributed by atoms with Gasteiger partial charge in [0.15, 0.2) is 0 Å². The van der Waals surface area contributed by atoms with E-state index in [0.717, 1.165) is 14.3 Å². The minimum Gasteiger partial charge on any atom is -0.325 e. The molecule has 0 fully saturated rings. The van der Waals surface area contributed by atoms with Gasteiger partial charge in [0.05, 0.1) is 10.9 Å². The number of anilines is 1. The monoisotopic (exact) mass is 480 g/mol. The number of rotatable bonds is 5. The molecule has 0 heterocycles. The van der Waals surface area contributed by atoms with E-state index in [4.69, 9.17) is 0 Å². The van der Waals surface area contributed by atoms with Crippen molar-refractivity contribution in [1.29, 1.82) is 0 Å². The molecule has 26 heavy (non-hydrogen) atoms. The van der Waals surface area contributed by atoms with Gasteiger partial charge in [-0.2, -0.15) is 4.72 Å². The van der Waals surface area contributed by atoms with E-state index >= 15 is 0 Å². The number of amides is 1. The van der Waals surface area contributed by atoms with Crippen molar-refractivity contribution >= 4 is 55.0 Å². The second-order valence-electron chi connectivity index (χ2n) is 5.85. The Bertz CT molecular complexity index is 1050. The zero-order chi connectivity index (χ0) is 18.7. The molecule has 3 rings (SSSR count). The second-order valence-corrected chi connectivity index (χ2v) is 8.81. The van der Waals surface area contributed by atoms with Crippen LogP contribution < -0.4 is 10.0 Å². The fourth-order valence-electron chi connectivity index (χ4n) is 2.47. The molecule has 3 aromatic rings. The molecule has 0 bridgehead atoms. The van der Waals surface area contributed by atoms with Crippen molar-refractivity contribution in [2.75, 3.05) is 5.32 Å². The largest absolute Gasteiger partial charge is 0.325 e. The molecule has 0 spiro atoms. The first-order valence-electron chi connectivity index (χ1n) is 7.93. The second kappa shape index (κ2) is 7.73. The Morgan fingerprint density at radius 1 is 0.962 bits per heavy atom. The molecule has 0 aromatic heterocycles. The molecule has 1 amide bonds. The highest BCUT2D eigenvalue weighted by molar-refractivity contribution is 14.1.